The number of nitrogens with one attached hydrogen (secondary N) is 1. The van der Waals surface area contributed by atoms with Crippen molar-refractivity contribution in [1.82, 2.24) is 30.0 Å². The summed E-state index contributed by atoms with van der Waals surface area (Å²) in [4.78, 5) is 14.8. The molecule has 4 heterocycles. The van der Waals surface area contributed by atoms with Gasteiger partial charge in [-0.25, -0.2) is 0 Å². The molecule has 8 nitrogen and oxygen atoms in total. The number of H-pyrrole nitrogens is 1. The average molecular weight is 368 g/mol. The molecule has 1 aliphatic rings. The number of likely N-dealkylation sites (tertiary alicyclic amines) is 1. The first-order valence-corrected chi connectivity index (χ1v) is 9.33. The molecule has 0 bridgehead atoms. The van der Waals surface area contributed by atoms with Gasteiger partial charge >= 0.3 is 0 Å². The normalized spacial score (nSPS) is 17.6. The van der Waals surface area contributed by atoms with E-state index in [2.05, 4.69) is 20.5 Å². The van der Waals surface area contributed by atoms with Gasteiger partial charge in [-0.1, -0.05) is 5.16 Å². The number of carbonyl (C=O) groups excluding carboxylic acids is 1. The maximum Gasteiger partial charge on any atom is 0.257 e. The largest absolute Gasteiger partial charge is 0.356 e. The second-order valence-electron chi connectivity index (χ2n) is 7.42. The van der Waals surface area contributed by atoms with Crippen LogP contribution in [0.25, 0.3) is 11.3 Å². The van der Waals surface area contributed by atoms with E-state index in [1.54, 1.807) is 12.4 Å². The van der Waals surface area contributed by atoms with Crippen molar-refractivity contribution in [2.24, 2.45) is 0 Å². The lowest BCUT2D eigenvalue weighted by atomic mass is 9.91. The highest BCUT2D eigenvalue weighted by Gasteiger charge is 2.29. The van der Waals surface area contributed by atoms with Gasteiger partial charge in [-0.15, -0.1) is 0 Å². The van der Waals surface area contributed by atoms with Gasteiger partial charge < -0.3 is 9.42 Å². The lowest BCUT2D eigenvalue weighted by Crippen LogP contribution is -2.39. The molecule has 4 rings (SSSR count). The fourth-order valence-electron chi connectivity index (χ4n) is 3.60. The Morgan fingerprint density at radius 2 is 2.22 bits per heavy atom. The molecule has 0 saturated carbocycles. The van der Waals surface area contributed by atoms with Gasteiger partial charge in [0.1, 0.15) is 0 Å². The minimum absolute atomic E-state index is 0.0307. The van der Waals surface area contributed by atoms with Crippen LogP contribution in [0.5, 0.6) is 0 Å². The molecule has 1 saturated heterocycles. The molecule has 0 radical (unpaired) electrons. The lowest BCUT2D eigenvalue weighted by Gasteiger charge is -2.32. The number of piperidine rings is 1. The molecule has 1 amide bonds. The van der Waals surface area contributed by atoms with Crippen molar-refractivity contribution < 1.29 is 9.32 Å². The van der Waals surface area contributed by atoms with Crippen molar-refractivity contribution >= 4 is 5.91 Å². The lowest BCUT2D eigenvalue weighted by molar-refractivity contribution is 0.0706. The molecule has 1 unspecified atom stereocenters. The minimum atomic E-state index is 0.0307. The predicted molar refractivity (Wildman–Crippen MR) is 99.3 cm³/mol. The number of aromatic amines is 1. The van der Waals surface area contributed by atoms with Crippen molar-refractivity contribution in [2.45, 2.75) is 45.6 Å². The third-order valence-corrected chi connectivity index (χ3v) is 5.06. The third-order valence-electron chi connectivity index (χ3n) is 5.06. The Morgan fingerprint density at radius 3 is 2.93 bits per heavy atom. The number of rotatable bonds is 4. The van der Waals surface area contributed by atoms with Crippen molar-refractivity contribution in [2.75, 3.05) is 13.1 Å². The summed E-state index contributed by atoms with van der Waals surface area (Å²) in [6.07, 6.45) is 7.20. The number of amides is 1. The molecule has 8 heteroatoms. The van der Waals surface area contributed by atoms with Crippen LogP contribution in [-0.4, -0.2) is 49.0 Å². The number of aromatic nitrogens is 5. The van der Waals surface area contributed by atoms with E-state index >= 15 is 0 Å². The zero-order valence-corrected chi connectivity index (χ0v) is 15.8. The standard InChI is InChI=1S/C19H24N6O2/c1-12(2)25-11-15(8-21-25)19(26)24-6-4-5-14(10-24)18-16(9-20-22-18)17-7-13(3)23-27-17/h7-9,11-12,14H,4-6,10H2,1-3H3,(H,20,22). The molecule has 3 aromatic rings. The number of hydrogen-bond donors (Lipinski definition) is 1. The molecule has 1 aliphatic heterocycles. The van der Waals surface area contributed by atoms with Gasteiger partial charge in [0, 0.05) is 37.3 Å². The van der Waals surface area contributed by atoms with Gasteiger partial charge in [0.25, 0.3) is 5.91 Å². The van der Waals surface area contributed by atoms with E-state index in [1.807, 2.05) is 42.6 Å². The molecule has 1 fully saturated rings. The molecule has 142 valence electrons. The zero-order valence-electron chi connectivity index (χ0n) is 15.8. The van der Waals surface area contributed by atoms with Gasteiger partial charge in [-0.3, -0.25) is 14.6 Å². The Balaban J connectivity index is 1.53. The number of nitrogens with zero attached hydrogens (tertiary/aromatic N) is 5. The average Bonchev–Trinajstić information content (AvgIpc) is 3.41. The summed E-state index contributed by atoms with van der Waals surface area (Å²) in [7, 11) is 0. The summed E-state index contributed by atoms with van der Waals surface area (Å²) in [5.41, 5.74) is 3.39. The Bertz CT molecular complexity index is 938. The van der Waals surface area contributed by atoms with Gasteiger partial charge in [0.15, 0.2) is 5.76 Å². The minimum Gasteiger partial charge on any atom is -0.356 e. The quantitative estimate of drug-likeness (QED) is 0.763. The van der Waals surface area contributed by atoms with Gasteiger partial charge in [0.05, 0.1) is 34.9 Å². The first-order chi connectivity index (χ1) is 13.0. The van der Waals surface area contributed by atoms with E-state index in [9.17, 15) is 4.79 Å². The van der Waals surface area contributed by atoms with Crippen molar-refractivity contribution in [3.63, 3.8) is 0 Å². The van der Waals surface area contributed by atoms with Crippen LogP contribution < -0.4 is 0 Å². The van der Waals surface area contributed by atoms with Crippen molar-refractivity contribution in [3.05, 3.63) is 41.6 Å². The van der Waals surface area contributed by atoms with E-state index < -0.39 is 0 Å². The van der Waals surface area contributed by atoms with Crippen LogP contribution >= 0.6 is 0 Å². The summed E-state index contributed by atoms with van der Waals surface area (Å²) in [6, 6.07) is 2.14. The highest BCUT2D eigenvalue weighted by Crippen LogP contribution is 2.33. The second-order valence-corrected chi connectivity index (χ2v) is 7.42. The third kappa shape index (κ3) is 3.39. The molecule has 1 N–H and O–H groups in total. The van der Waals surface area contributed by atoms with Gasteiger partial charge in [0.2, 0.25) is 0 Å². The van der Waals surface area contributed by atoms with E-state index in [0.717, 1.165) is 36.3 Å². The Kier molecular flexibility index (Phi) is 4.55. The highest BCUT2D eigenvalue weighted by molar-refractivity contribution is 5.93. The molecular formula is C19H24N6O2. The maximum atomic E-state index is 12.9. The maximum absolute atomic E-state index is 12.9. The van der Waals surface area contributed by atoms with Gasteiger partial charge in [-0.2, -0.15) is 10.2 Å². The molecule has 1 atom stereocenters. The number of aryl methyl sites for hydroxylation is 1. The van der Waals surface area contributed by atoms with Crippen LogP contribution in [0.1, 0.15) is 60.4 Å². The van der Waals surface area contributed by atoms with Gasteiger partial charge in [-0.05, 0) is 33.6 Å². The monoisotopic (exact) mass is 368 g/mol. The fraction of sp³-hybridized carbons (Fsp3) is 0.474. The molecule has 0 aliphatic carbocycles. The fourth-order valence-corrected chi connectivity index (χ4v) is 3.60. The van der Waals surface area contributed by atoms with Crippen molar-refractivity contribution in [1.29, 1.82) is 0 Å². The molecule has 0 spiro atoms. The van der Waals surface area contributed by atoms with Crippen LogP contribution in [0.4, 0.5) is 0 Å². The van der Waals surface area contributed by atoms with E-state index in [4.69, 9.17) is 4.52 Å². The van der Waals surface area contributed by atoms with E-state index in [0.29, 0.717) is 17.9 Å². The molecule has 27 heavy (non-hydrogen) atoms. The second kappa shape index (κ2) is 7.02. The number of carbonyl (C=O) groups is 1. The van der Waals surface area contributed by atoms with Crippen LogP contribution in [-0.2, 0) is 0 Å². The first-order valence-electron chi connectivity index (χ1n) is 9.33. The molecule has 0 aromatic carbocycles. The van der Waals surface area contributed by atoms with Crippen LogP contribution in [0.3, 0.4) is 0 Å². The SMILES string of the molecule is Cc1cc(-c2cn[nH]c2C2CCCN(C(=O)c3cnn(C(C)C)c3)C2)on1. The number of hydrogen-bond acceptors (Lipinski definition) is 5. The summed E-state index contributed by atoms with van der Waals surface area (Å²) in [5, 5.41) is 15.6. The molecule has 3 aromatic heterocycles. The highest BCUT2D eigenvalue weighted by atomic mass is 16.5. The zero-order chi connectivity index (χ0) is 19.0. The van der Waals surface area contributed by atoms with Crippen LogP contribution in [0.15, 0.2) is 29.2 Å². The first kappa shape index (κ1) is 17.5. The Hall–Kier alpha value is -2.90. The smallest absolute Gasteiger partial charge is 0.257 e. The van der Waals surface area contributed by atoms with Crippen LogP contribution in [0.2, 0.25) is 0 Å². The topological polar surface area (TPSA) is 92.8 Å². The Morgan fingerprint density at radius 1 is 1.37 bits per heavy atom. The van der Waals surface area contributed by atoms with E-state index in [-0.39, 0.29) is 17.9 Å². The summed E-state index contributed by atoms with van der Waals surface area (Å²) in [5.74, 6) is 0.923. The summed E-state index contributed by atoms with van der Waals surface area (Å²) >= 11 is 0. The Labute approximate surface area is 157 Å². The van der Waals surface area contributed by atoms with Crippen molar-refractivity contribution in [3.8, 4) is 11.3 Å². The van der Waals surface area contributed by atoms with Crippen LogP contribution in [0, 0.1) is 6.92 Å². The van der Waals surface area contributed by atoms with E-state index in [1.165, 1.54) is 0 Å². The molecular weight excluding hydrogens is 344 g/mol. The summed E-state index contributed by atoms with van der Waals surface area (Å²) in [6.45, 7) is 7.39. The predicted octanol–water partition coefficient (Wildman–Crippen LogP) is 3.17. The summed E-state index contributed by atoms with van der Waals surface area (Å²) < 4.78 is 7.22.